The van der Waals surface area contributed by atoms with Gasteiger partial charge in [-0.2, -0.15) is 0 Å². The topological polar surface area (TPSA) is 237 Å². The van der Waals surface area contributed by atoms with Crippen LogP contribution in [0.1, 0.15) is 440 Å². The fourth-order valence-electron chi connectivity index (χ4n) is 12.9. The van der Waals surface area contributed by atoms with Crippen LogP contribution in [0, 0.1) is 11.8 Å². The van der Waals surface area contributed by atoms with Crippen molar-refractivity contribution in [2.24, 2.45) is 11.8 Å². The predicted molar refractivity (Wildman–Crippen MR) is 418 cm³/mol. The van der Waals surface area contributed by atoms with Crippen LogP contribution in [0.15, 0.2) is 0 Å². The van der Waals surface area contributed by atoms with Crippen LogP contribution in [-0.4, -0.2) is 96.7 Å². The molecule has 19 heteroatoms. The molecule has 0 radical (unpaired) electrons. The summed E-state index contributed by atoms with van der Waals surface area (Å²) in [4.78, 5) is 73.1. The second-order valence-electron chi connectivity index (χ2n) is 30.6. The first-order valence-corrected chi connectivity index (χ1v) is 46.0. The van der Waals surface area contributed by atoms with Gasteiger partial charge < -0.3 is 33.8 Å². The van der Waals surface area contributed by atoms with Gasteiger partial charge in [0.25, 0.3) is 0 Å². The van der Waals surface area contributed by atoms with Crippen molar-refractivity contribution >= 4 is 39.5 Å². The van der Waals surface area contributed by atoms with Crippen molar-refractivity contribution in [1.82, 2.24) is 0 Å². The Morgan fingerprint density at radius 3 is 0.745 bits per heavy atom. The number of carbonyl (C=O) groups is 4. The lowest BCUT2D eigenvalue weighted by Crippen LogP contribution is -2.30. The summed E-state index contributed by atoms with van der Waals surface area (Å²) in [7, 11) is -9.92. The van der Waals surface area contributed by atoms with E-state index in [2.05, 4.69) is 41.5 Å². The highest BCUT2D eigenvalue weighted by Crippen LogP contribution is 2.45. The fourth-order valence-corrected chi connectivity index (χ4v) is 14.4. The van der Waals surface area contributed by atoms with E-state index in [1.807, 2.05) is 0 Å². The normalized spacial score (nSPS) is 14.1. The third-order valence-corrected chi connectivity index (χ3v) is 21.7. The number of carbonyl (C=O) groups excluding carboxylic acids is 4. The summed E-state index contributed by atoms with van der Waals surface area (Å²) in [5.74, 6) is -0.576. The van der Waals surface area contributed by atoms with Crippen molar-refractivity contribution in [3.05, 3.63) is 0 Å². The van der Waals surface area contributed by atoms with Gasteiger partial charge >= 0.3 is 39.5 Å². The zero-order valence-corrected chi connectivity index (χ0v) is 68.7. The molecule has 0 spiro atoms. The summed E-state index contributed by atoms with van der Waals surface area (Å²) in [6.45, 7) is 9.64. The third-order valence-electron chi connectivity index (χ3n) is 19.8. The van der Waals surface area contributed by atoms with Crippen molar-refractivity contribution in [2.75, 3.05) is 39.6 Å². The molecule has 0 aromatic carbocycles. The van der Waals surface area contributed by atoms with Crippen LogP contribution in [0.2, 0.25) is 0 Å². The maximum Gasteiger partial charge on any atom is 0.472 e. The van der Waals surface area contributed by atoms with Gasteiger partial charge in [0.05, 0.1) is 26.4 Å². The minimum Gasteiger partial charge on any atom is -0.462 e. The third kappa shape index (κ3) is 74.9. The Bertz CT molecular complexity index is 1960. The van der Waals surface area contributed by atoms with Crippen LogP contribution in [0.25, 0.3) is 0 Å². The monoisotopic (exact) mass is 1490 g/mol. The van der Waals surface area contributed by atoms with E-state index in [1.165, 1.54) is 250 Å². The lowest BCUT2D eigenvalue weighted by Gasteiger charge is -2.21. The molecule has 0 saturated carbocycles. The number of rotatable bonds is 82. The molecule has 0 rings (SSSR count). The highest BCUT2D eigenvalue weighted by Gasteiger charge is 2.30. The minimum atomic E-state index is -4.96. The van der Waals surface area contributed by atoms with Crippen LogP contribution in [0.5, 0.6) is 0 Å². The van der Waals surface area contributed by atoms with E-state index in [1.54, 1.807) is 0 Å². The number of unbranched alkanes of at least 4 members (excludes halogenated alkanes) is 51. The van der Waals surface area contributed by atoms with Crippen LogP contribution in [0.3, 0.4) is 0 Å². The van der Waals surface area contributed by atoms with Crippen molar-refractivity contribution in [1.29, 1.82) is 0 Å². The van der Waals surface area contributed by atoms with Gasteiger partial charge in [0, 0.05) is 25.7 Å². The zero-order valence-electron chi connectivity index (χ0n) is 66.9. The van der Waals surface area contributed by atoms with E-state index in [9.17, 15) is 43.2 Å². The van der Waals surface area contributed by atoms with Gasteiger partial charge in [-0.1, -0.05) is 388 Å². The van der Waals surface area contributed by atoms with Crippen LogP contribution in [0.4, 0.5) is 0 Å². The average Bonchev–Trinajstić information content (AvgIpc) is 0.908. The van der Waals surface area contributed by atoms with Gasteiger partial charge in [0.2, 0.25) is 0 Å². The van der Waals surface area contributed by atoms with E-state index in [-0.39, 0.29) is 25.7 Å². The first-order valence-electron chi connectivity index (χ1n) is 43.0. The molecule has 0 aliphatic carbocycles. The lowest BCUT2D eigenvalue weighted by atomic mass is 10.00. The number of hydrogen-bond acceptors (Lipinski definition) is 15. The molecule has 0 aliphatic rings. The molecule has 0 saturated heterocycles. The number of phosphoric acid groups is 2. The van der Waals surface area contributed by atoms with Crippen molar-refractivity contribution in [3.63, 3.8) is 0 Å². The van der Waals surface area contributed by atoms with E-state index >= 15 is 0 Å². The SMILES string of the molecule is CCCCCCCCCCCCCCCCCCCCCC(=O)O[C@H](COC(=O)CCCCCCCCCCCCCCCCC(C)C)COP(=O)(O)OC[C@@H](O)COP(=O)(O)OC[C@@H](COC(=O)CCCCCCCCC(C)CC)OC(=O)CCCCCCCCCCCCCCCCCC. The molecule has 0 fully saturated rings. The Kier molecular flexibility index (Phi) is 73.1. The standard InChI is InChI=1S/C83H162O17P2/c1-7-10-12-14-16-18-20-22-24-26-27-28-30-36-40-44-48-56-62-67-82(87)99-78(71-93-80(85)65-59-53-46-42-38-34-32-31-33-37-41-45-51-57-63-75(4)5)73-97-101(89,90)95-69-77(84)70-96-102(91,92)98-74-79(72-94-81(86)66-60-54-50-49-52-58-64-76(6)9-3)100-83(88)68-61-55-47-43-39-35-29-25-23-21-19-17-15-13-11-8-2/h75-79,84H,7-74H2,1-6H3,(H,89,90)(H,91,92)/t76?,77-,78-,79-/m1/s1. The van der Waals surface area contributed by atoms with Crippen molar-refractivity contribution in [2.45, 2.75) is 458 Å². The van der Waals surface area contributed by atoms with Gasteiger partial charge in [-0.3, -0.25) is 37.3 Å². The van der Waals surface area contributed by atoms with Crippen LogP contribution in [-0.2, 0) is 65.4 Å². The Morgan fingerprint density at radius 1 is 0.284 bits per heavy atom. The molecule has 606 valence electrons. The molecule has 0 aromatic heterocycles. The zero-order chi connectivity index (χ0) is 74.9. The molecule has 3 unspecified atom stereocenters. The van der Waals surface area contributed by atoms with Crippen LogP contribution < -0.4 is 0 Å². The van der Waals surface area contributed by atoms with E-state index in [4.69, 9.17) is 37.0 Å². The highest BCUT2D eigenvalue weighted by molar-refractivity contribution is 7.47. The molecule has 0 amide bonds. The van der Waals surface area contributed by atoms with Crippen molar-refractivity contribution < 1.29 is 80.2 Å². The Morgan fingerprint density at radius 2 is 0.500 bits per heavy atom. The molecule has 0 aliphatic heterocycles. The summed E-state index contributed by atoms with van der Waals surface area (Å²) in [6, 6.07) is 0. The lowest BCUT2D eigenvalue weighted by molar-refractivity contribution is -0.161. The number of esters is 4. The van der Waals surface area contributed by atoms with Crippen LogP contribution >= 0.6 is 15.6 Å². The predicted octanol–water partition coefficient (Wildman–Crippen LogP) is 25.1. The second kappa shape index (κ2) is 74.5. The highest BCUT2D eigenvalue weighted by atomic mass is 31.2. The van der Waals surface area contributed by atoms with E-state index in [0.717, 1.165) is 108 Å². The fraction of sp³-hybridized carbons (Fsp3) is 0.952. The number of aliphatic hydroxyl groups excluding tert-OH is 1. The van der Waals surface area contributed by atoms with Gasteiger partial charge in [-0.05, 0) is 37.5 Å². The number of aliphatic hydroxyl groups is 1. The molecule has 17 nitrogen and oxygen atoms in total. The van der Waals surface area contributed by atoms with Crippen molar-refractivity contribution in [3.8, 4) is 0 Å². The molecule has 102 heavy (non-hydrogen) atoms. The maximum atomic E-state index is 13.1. The molecule has 0 heterocycles. The molecular formula is C83H162O17P2. The molecule has 0 aromatic rings. The first-order chi connectivity index (χ1) is 49.4. The van der Waals surface area contributed by atoms with Gasteiger partial charge in [-0.15, -0.1) is 0 Å². The maximum absolute atomic E-state index is 13.1. The van der Waals surface area contributed by atoms with Gasteiger partial charge in [0.15, 0.2) is 12.2 Å². The molecule has 3 N–H and O–H groups in total. The summed E-state index contributed by atoms with van der Waals surface area (Å²) >= 11 is 0. The smallest absolute Gasteiger partial charge is 0.462 e. The summed E-state index contributed by atoms with van der Waals surface area (Å²) < 4.78 is 68.8. The van der Waals surface area contributed by atoms with Gasteiger partial charge in [0.1, 0.15) is 19.3 Å². The number of phosphoric ester groups is 2. The number of ether oxygens (including phenoxy) is 4. The Labute approximate surface area is 626 Å². The van der Waals surface area contributed by atoms with E-state index < -0.39 is 97.5 Å². The number of hydrogen-bond donors (Lipinski definition) is 3. The summed E-state index contributed by atoms with van der Waals surface area (Å²) in [5, 5.41) is 10.7. The quantitative estimate of drug-likeness (QED) is 0.0222. The Hall–Kier alpha value is -1.94. The Balaban J connectivity index is 5.24. The largest absolute Gasteiger partial charge is 0.472 e. The summed E-state index contributed by atoms with van der Waals surface area (Å²) in [5.41, 5.74) is 0. The molecular weight excluding hydrogens is 1330 g/mol. The summed E-state index contributed by atoms with van der Waals surface area (Å²) in [6.07, 6.45) is 65.2. The van der Waals surface area contributed by atoms with Gasteiger partial charge in [-0.25, -0.2) is 9.13 Å². The first kappa shape index (κ1) is 100. The van der Waals surface area contributed by atoms with E-state index in [0.29, 0.717) is 25.7 Å². The molecule has 0 bridgehead atoms. The molecule has 6 atom stereocenters. The minimum absolute atomic E-state index is 0.108. The second-order valence-corrected chi connectivity index (χ2v) is 33.5. The average molecular weight is 1490 g/mol.